The quantitative estimate of drug-likeness (QED) is 0.872. The van der Waals surface area contributed by atoms with Gasteiger partial charge in [-0.15, -0.1) is 0 Å². The second kappa shape index (κ2) is 7.29. The van der Waals surface area contributed by atoms with E-state index in [1.165, 1.54) is 11.1 Å². The number of aryl methyl sites for hydroxylation is 1. The Labute approximate surface area is 132 Å². The molecule has 0 radical (unpaired) electrons. The SMILES string of the molecule is CCC(Cc1ccc(C)cc1)NC(=O)NC1CCN(C)C1=O. The minimum atomic E-state index is -0.387. The highest BCUT2D eigenvalue weighted by Gasteiger charge is 2.30. The van der Waals surface area contributed by atoms with Gasteiger partial charge < -0.3 is 15.5 Å². The standard InChI is InChI=1S/C17H25N3O2/c1-4-14(11-13-7-5-12(2)6-8-13)18-17(22)19-15-9-10-20(3)16(15)21/h5-8,14-15H,4,9-11H2,1-3H3,(H2,18,19,22). The maximum atomic E-state index is 12.1. The fraction of sp³-hybridized carbons (Fsp3) is 0.529. The number of likely N-dealkylation sites (N-methyl/N-ethyl adjacent to an activating group) is 1. The minimum Gasteiger partial charge on any atom is -0.344 e. The summed E-state index contributed by atoms with van der Waals surface area (Å²) in [6, 6.07) is 7.76. The molecular weight excluding hydrogens is 278 g/mol. The third-order valence-electron chi connectivity index (χ3n) is 4.16. The first-order valence-corrected chi connectivity index (χ1v) is 7.87. The van der Waals surface area contributed by atoms with Gasteiger partial charge in [0.05, 0.1) is 0 Å². The molecule has 0 aromatic heterocycles. The lowest BCUT2D eigenvalue weighted by Gasteiger charge is -2.19. The maximum absolute atomic E-state index is 12.1. The third-order valence-corrected chi connectivity index (χ3v) is 4.16. The molecule has 22 heavy (non-hydrogen) atoms. The largest absolute Gasteiger partial charge is 0.344 e. The van der Waals surface area contributed by atoms with Crippen LogP contribution in [0.25, 0.3) is 0 Å². The molecule has 1 heterocycles. The zero-order valence-electron chi connectivity index (χ0n) is 13.6. The number of carbonyl (C=O) groups is 2. The Balaban J connectivity index is 1.85. The van der Waals surface area contributed by atoms with E-state index in [9.17, 15) is 9.59 Å². The molecule has 1 aromatic rings. The highest BCUT2D eigenvalue weighted by atomic mass is 16.2. The van der Waals surface area contributed by atoms with Gasteiger partial charge in [0, 0.05) is 19.6 Å². The van der Waals surface area contributed by atoms with E-state index in [0.29, 0.717) is 13.0 Å². The topological polar surface area (TPSA) is 61.4 Å². The summed E-state index contributed by atoms with van der Waals surface area (Å²) in [5.41, 5.74) is 2.43. The molecule has 2 rings (SSSR count). The summed E-state index contributed by atoms with van der Waals surface area (Å²) in [5, 5.41) is 5.75. The molecule has 0 spiro atoms. The smallest absolute Gasteiger partial charge is 0.315 e. The summed E-state index contributed by atoms with van der Waals surface area (Å²) < 4.78 is 0. The zero-order valence-corrected chi connectivity index (χ0v) is 13.6. The lowest BCUT2D eigenvalue weighted by atomic mass is 10.0. The van der Waals surface area contributed by atoms with Crippen LogP contribution in [0.2, 0.25) is 0 Å². The molecule has 2 unspecified atom stereocenters. The summed E-state index contributed by atoms with van der Waals surface area (Å²) in [6.07, 6.45) is 2.32. The Morgan fingerprint density at radius 3 is 2.59 bits per heavy atom. The summed E-state index contributed by atoms with van der Waals surface area (Å²) in [4.78, 5) is 25.5. The molecule has 3 amide bonds. The van der Waals surface area contributed by atoms with Crippen LogP contribution in [-0.4, -0.2) is 42.5 Å². The number of benzene rings is 1. The van der Waals surface area contributed by atoms with Gasteiger partial charge in [-0.05, 0) is 31.7 Å². The number of hydrogen-bond acceptors (Lipinski definition) is 2. The number of urea groups is 1. The van der Waals surface area contributed by atoms with Crippen LogP contribution in [-0.2, 0) is 11.2 Å². The number of likely N-dealkylation sites (tertiary alicyclic amines) is 1. The van der Waals surface area contributed by atoms with Crippen molar-refractivity contribution in [3.8, 4) is 0 Å². The fourth-order valence-corrected chi connectivity index (χ4v) is 2.65. The van der Waals surface area contributed by atoms with Crippen molar-refractivity contribution < 1.29 is 9.59 Å². The van der Waals surface area contributed by atoms with Crippen molar-refractivity contribution in [2.24, 2.45) is 0 Å². The molecule has 1 aliphatic rings. The Morgan fingerprint density at radius 1 is 1.36 bits per heavy atom. The summed E-state index contributed by atoms with van der Waals surface area (Å²) in [7, 11) is 1.76. The highest BCUT2D eigenvalue weighted by Crippen LogP contribution is 2.10. The summed E-state index contributed by atoms with van der Waals surface area (Å²) in [6.45, 7) is 4.81. The predicted molar refractivity (Wildman–Crippen MR) is 86.7 cm³/mol. The van der Waals surface area contributed by atoms with Crippen molar-refractivity contribution in [1.82, 2.24) is 15.5 Å². The molecule has 5 nitrogen and oxygen atoms in total. The number of hydrogen-bond donors (Lipinski definition) is 2. The number of rotatable bonds is 5. The van der Waals surface area contributed by atoms with Crippen LogP contribution in [0, 0.1) is 6.92 Å². The molecule has 2 N–H and O–H groups in total. The molecule has 0 saturated carbocycles. The third kappa shape index (κ3) is 4.23. The van der Waals surface area contributed by atoms with Gasteiger partial charge in [0.25, 0.3) is 0 Å². The van der Waals surface area contributed by atoms with E-state index in [1.54, 1.807) is 11.9 Å². The van der Waals surface area contributed by atoms with Gasteiger partial charge in [-0.25, -0.2) is 4.79 Å². The van der Waals surface area contributed by atoms with Gasteiger partial charge >= 0.3 is 6.03 Å². The average molecular weight is 303 g/mol. The van der Waals surface area contributed by atoms with E-state index in [4.69, 9.17) is 0 Å². The molecule has 1 saturated heterocycles. The van der Waals surface area contributed by atoms with Gasteiger partial charge in [-0.3, -0.25) is 4.79 Å². The normalized spacial score (nSPS) is 19.1. The average Bonchev–Trinajstić information content (AvgIpc) is 2.80. The van der Waals surface area contributed by atoms with Crippen LogP contribution in [0.5, 0.6) is 0 Å². The van der Waals surface area contributed by atoms with Crippen LogP contribution in [0.4, 0.5) is 4.79 Å². The lowest BCUT2D eigenvalue weighted by molar-refractivity contribution is -0.128. The number of amides is 3. The minimum absolute atomic E-state index is 0.0123. The first kappa shape index (κ1) is 16.3. The van der Waals surface area contributed by atoms with Crippen LogP contribution in [0.3, 0.4) is 0 Å². The van der Waals surface area contributed by atoms with Gasteiger partial charge in [-0.1, -0.05) is 36.8 Å². The molecule has 0 aliphatic carbocycles. The van der Waals surface area contributed by atoms with Crippen LogP contribution < -0.4 is 10.6 Å². The molecular formula is C17H25N3O2. The Kier molecular flexibility index (Phi) is 5.41. The van der Waals surface area contributed by atoms with Gasteiger partial charge in [-0.2, -0.15) is 0 Å². The predicted octanol–water partition coefficient (Wildman–Crippen LogP) is 1.85. The number of nitrogens with zero attached hydrogens (tertiary/aromatic N) is 1. The molecule has 0 bridgehead atoms. The van der Waals surface area contributed by atoms with Crippen molar-refractivity contribution in [2.75, 3.05) is 13.6 Å². The van der Waals surface area contributed by atoms with E-state index >= 15 is 0 Å². The van der Waals surface area contributed by atoms with E-state index in [0.717, 1.165) is 12.8 Å². The lowest BCUT2D eigenvalue weighted by Crippen LogP contribution is -2.49. The van der Waals surface area contributed by atoms with Gasteiger partial charge in [0.2, 0.25) is 5.91 Å². The van der Waals surface area contributed by atoms with E-state index in [2.05, 4.69) is 41.8 Å². The van der Waals surface area contributed by atoms with E-state index < -0.39 is 0 Å². The maximum Gasteiger partial charge on any atom is 0.315 e. The van der Waals surface area contributed by atoms with Gasteiger partial charge in [0.1, 0.15) is 6.04 Å². The van der Waals surface area contributed by atoms with E-state index in [1.807, 2.05) is 6.92 Å². The first-order valence-electron chi connectivity index (χ1n) is 7.87. The van der Waals surface area contributed by atoms with E-state index in [-0.39, 0.29) is 24.0 Å². The number of nitrogens with one attached hydrogen (secondary N) is 2. The number of carbonyl (C=O) groups excluding carboxylic acids is 2. The van der Waals surface area contributed by atoms with Crippen LogP contribution in [0.1, 0.15) is 30.9 Å². The van der Waals surface area contributed by atoms with Crippen molar-refractivity contribution in [3.05, 3.63) is 35.4 Å². The van der Waals surface area contributed by atoms with Crippen molar-refractivity contribution >= 4 is 11.9 Å². The highest BCUT2D eigenvalue weighted by molar-refractivity contribution is 5.88. The molecule has 1 aliphatic heterocycles. The van der Waals surface area contributed by atoms with Crippen molar-refractivity contribution in [2.45, 2.75) is 45.2 Å². The zero-order chi connectivity index (χ0) is 16.1. The van der Waals surface area contributed by atoms with Crippen molar-refractivity contribution in [1.29, 1.82) is 0 Å². The van der Waals surface area contributed by atoms with Crippen molar-refractivity contribution in [3.63, 3.8) is 0 Å². The molecule has 5 heteroatoms. The molecule has 1 fully saturated rings. The summed E-state index contributed by atoms with van der Waals surface area (Å²) >= 11 is 0. The molecule has 1 aromatic carbocycles. The fourth-order valence-electron chi connectivity index (χ4n) is 2.65. The molecule has 120 valence electrons. The summed E-state index contributed by atoms with van der Waals surface area (Å²) in [5.74, 6) is -0.0123. The Morgan fingerprint density at radius 2 is 2.05 bits per heavy atom. The van der Waals surface area contributed by atoms with Crippen LogP contribution >= 0.6 is 0 Å². The second-order valence-corrected chi connectivity index (χ2v) is 6.01. The Bertz CT molecular complexity index is 527. The van der Waals surface area contributed by atoms with Crippen LogP contribution in [0.15, 0.2) is 24.3 Å². The second-order valence-electron chi connectivity index (χ2n) is 6.01. The molecule has 2 atom stereocenters. The van der Waals surface area contributed by atoms with Gasteiger partial charge in [0.15, 0.2) is 0 Å². The monoisotopic (exact) mass is 303 g/mol. The Hall–Kier alpha value is -2.04. The first-order chi connectivity index (χ1) is 10.5.